The Kier molecular flexibility index (Phi) is 63.5. The Morgan fingerprint density at radius 2 is 0.500 bits per heavy atom. The molecule has 12 nitrogen and oxygen atoms in total. The zero-order chi connectivity index (χ0) is 14.3. The largest absolute Gasteiger partial charge is 3.00 e. The van der Waals surface area contributed by atoms with Gasteiger partial charge in [-0.25, -0.2) is 0 Å². The maximum absolute atomic E-state index is 8.42. The Balaban J connectivity index is -0.0000000257. The predicted octanol–water partition coefficient (Wildman–Crippen LogP) is -12.4. The van der Waals surface area contributed by atoms with Gasteiger partial charge in [-0.2, -0.15) is 0 Å². The second kappa shape index (κ2) is 31.2. The van der Waals surface area contributed by atoms with Crippen molar-refractivity contribution in [2.75, 3.05) is 0 Å². The van der Waals surface area contributed by atoms with Gasteiger partial charge in [-0.15, -0.1) is 0 Å². The molecule has 6 N–H and O–H groups in total. The van der Waals surface area contributed by atoms with Gasteiger partial charge in [-0.05, 0) is 0 Å². The van der Waals surface area contributed by atoms with E-state index in [9.17, 15) is 0 Å². The van der Waals surface area contributed by atoms with E-state index in [0.29, 0.717) is 0 Å². The molecule has 0 saturated heterocycles. The first-order chi connectivity index (χ1) is 6.93. The summed E-state index contributed by atoms with van der Waals surface area (Å²) in [6.07, 6.45) is 0. The van der Waals surface area contributed by atoms with Crippen molar-refractivity contribution in [3.8, 4) is 0 Å². The third-order valence-electron chi connectivity index (χ3n) is 0. The minimum absolute atomic E-state index is 0. The van der Waals surface area contributed by atoms with E-state index in [2.05, 4.69) is 0 Å². The summed E-state index contributed by atoms with van der Waals surface area (Å²) in [5, 5.41) is 93.5. The summed E-state index contributed by atoms with van der Waals surface area (Å²) in [6.45, 7) is 0. The molecule has 0 rings (SSSR count). The van der Waals surface area contributed by atoms with Crippen molar-refractivity contribution in [2.45, 2.75) is 0 Å². The van der Waals surface area contributed by atoms with Crippen LogP contribution in [-0.2, 0) is 0 Å². The van der Waals surface area contributed by atoms with Crippen LogP contribution >= 0.6 is 0 Å². The van der Waals surface area contributed by atoms with Gasteiger partial charge in [-0.3, -0.25) is 14.6 Å². The molecule has 1 radical (unpaired) electrons. The summed E-state index contributed by atoms with van der Waals surface area (Å²) >= 11 is 0. The first-order valence-corrected chi connectivity index (χ1v) is 2.96. The first kappa shape index (κ1) is 36.7. The maximum atomic E-state index is 8.42. The summed E-state index contributed by atoms with van der Waals surface area (Å²) in [4.78, 5) is 0. The van der Waals surface area contributed by atoms with E-state index in [1.165, 1.54) is 0 Å². The van der Waals surface area contributed by atoms with Crippen LogP contribution in [0.4, 0.5) is 0 Å². The predicted molar refractivity (Wildman–Crippen MR) is 42.1 cm³/mol. The molecule has 0 aromatic heterocycles. The van der Waals surface area contributed by atoms with Crippen molar-refractivity contribution < 1.29 is 100 Å². The van der Waals surface area contributed by atoms with Crippen LogP contribution in [0.2, 0.25) is 0 Å². The van der Waals surface area contributed by atoms with Crippen molar-refractivity contribution in [2.24, 2.45) is 0 Å². The molecule has 0 spiro atoms. The monoisotopic (exact) mass is 427 g/mol. The van der Waals surface area contributed by atoms with Crippen LogP contribution in [0.1, 0.15) is 0 Å². The molecule has 0 fully saturated rings. The molecule has 0 aliphatic carbocycles. The van der Waals surface area contributed by atoms with Gasteiger partial charge >= 0.3 is 71.9 Å². The van der Waals surface area contributed by atoms with E-state index in [-0.39, 0.29) is 57.3 Å². The molecule has 0 aromatic rings. The van der Waals surface area contributed by atoms with E-state index in [4.69, 9.17) is 60.3 Å². The number of hydrogen-bond acceptors (Lipinski definition) is 12. The van der Waals surface area contributed by atoms with Gasteiger partial charge in [0.05, 0.1) is 0 Å². The van der Waals surface area contributed by atoms with Crippen LogP contribution in [0.5, 0.6) is 0 Å². The quantitative estimate of drug-likeness (QED) is 0.198. The number of hydrogen-bond donors (Lipinski definition) is 6. The molecule has 0 aromatic carbocycles. The average Bonchev–Trinajstić information content (AvgIpc) is 1.76. The van der Waals surface area contributed by atoms with Crippen molar-refractivity contribution in [1.29, 1.82) is 0 Å². The summed E-state index contributed by atoms with van der Waals surface area (Å²) in [7, 11) is -10.2. The Morgan fingerprint density at radius 3 is 0.500 bits per heavy atom. The molecular formula is H6AlB4GdO12. The van der Waals surface area contributed by atoms with Gasteiger partial charge in [0.2, 0.25) is 0 Å². The van der Waals surface area contributed by atoms with E-state index in [1.807, 2.05) is 0 Å². The van der Waals surface area contributed by atoms with Gasteiger partial charge in [0.25, 0.3) is 0 Å². The van der Waals surface area contributed by atoms with Gasteiger partial charge in [0.15, 0.2) is 0 Å². The molecule has 0 saturated carbocycles. The van der Waals surface area contributed by atoms with E-state index < -0.39 is 29.3 Å². The van der Waals surface area contributed by atoms with Crippen molar-refractivity contribution >= 4 is 46.6 Å². The standard InChI is InChI=1S/Al.2BH3O3.2BO3.Gd/c;4*2-1(3)4;/h;2*2-4H;;;/q+3;;;2*-3;+3. The van der Waals surface area contributed by atoms with Crippen molar-refractivity contribution in [3.63, 3.8) is 0 Å². The van der Waals surface area contributed by atoms with Gasteiger partial charge in [-0.1, -0.05) is 0 Å². The smallest absolute Gasteiger partial charge is 0.907 e. The summed E-state index contributed by atoms with van der Waals surface area (Å²) < 4.78 is 0. The fourth-order valence-corrected chi connectivity index (χ4v) is 0. The molecule has 18 heteroatoms. The Hall–Kier alpha value is 1.64. The average molecular weight is 426 g/mol. The molecule has 0 aliphatic rings. The summed E-state index contributed by atoms with van der Waals surface area (Å²) in [6, 6.07) is 0. The molecule has 0 heterocycles. The van der Waals surface area contributed by atoms with Gasteiger partial charge in [0, 0.05) is 0 Å². The van der Waals surface area contributed by atoms with Crippen LogP contribution in [-0.4, -0.2) is 76.8 Å². The van der Waals surface area contributed by atoms with Crippen molar-refractivity contribution in [1.82, 2.24) is 0 Å². The Morgan fingerprint density at radius 1 is 0.500 bits per heavy atom. The second-order valence-corrected chi connectivity index (χ2v) is 1.27. The van der Waals surface area contributed by atoms with Gasteiger partial charge in [0.1, 0.15) is 0 Å². The molecular weight excluding hydrogens is 419 g/mol. The van der Waals surface area contributed by atoms with Crippen molar-refractivity contribution in [3.05, 3.63) is 0 Å². The molecule has 0 aliphatic heterocycles. The minimum atomic E-state index is -2.92. The molecule has 0 atom stereocenters. The maximum Gasteiger partial charge on any atom is 3.00 e. The minimum Gasteiger partial charge on any atom is -0.907 e. The van der Waals surface area contributed by atoms with Crippen LogP contribution in [0, 0.1) is 39.9 Å². The zero-order valence-electron chi connectivity index (χ0n) is 8.37. The Bertz CT molecular complexity index is 67.1. The molecule has 18 heavy (non-hydrogen) atoms. The third kappa shape index (κ3) is 1820. The topological polar surface area (TPSA) is 260 Å². The number of rotatable bonds is 0. The van der Waals surface area contributed by atoms with E-state index in [0.717, 1.165) is 0 Å². The fraction of sp³-hybridized carbons (Fsp3) is 0. The van der Waals surface area contributed by atoms with Crippen LogP contribution in [0.15, 0.2) is 0 Å². The zero-order valence-corrected chi connectivity index (χ0v) is 11.8. The summed E-state index contributed by atoms with van der Waals surface area (Å²) in [5.41, 5.74) is 0. The molecule has 0 bridgehead atoms. The molecule has 0 unspecified atom stereocenters. The second-order valence-electron chi connectivity index (χ2n) is 1.27. The first-order valence-electron chi connectivity index (χ1n) is 2.96. The van der Waals surface area contributed by atoms with E-state index >= 15 is 0 Å². The SMILES string of the molecule is OB(O)O.OB(O)O.[Al+3].[Gd+3].[O-]B([O-])[O-].[O-]B([O-])[O-]. The van der Waals surface area contributed by atoms with Crippen LogP contribution in [0.3, 0.4) is 0 Å². The normalized spacial score (nSPS) is 6.00. The molecule has 101 valence electrons. The molecule has 0 amide bonds. The summed E-state index contributed by atoms with van der Waals surface area (Å²) in [5.74, 6) is 0. The van der Waals surface area contributed by atoms with Crippen LogP contribution < -0.4 is 30.1 Å². The third-order valence-corrected chi connectivity index (χ3v) is 0. The Labute approximate surface area is 146 Å². The van der Waals surface area contributed by atoms with Crippen LogP contribution in [0.25, 0.3) is 0 Å². The fourth-order valence-electron chi connectivity index (χ4n) is 0. The van der Waals surface area contributed by atoms with Gasteiger partial charge < -0.3 is 60.3 Å². The van der Waals surface area contributed by atoms with E-state index in [1.54, 1.807) is 0 Å².